The molecule has 4 aromatic rings. The maximum Gasteiger partial charge on any atom is 0.435 e. The van der Waals surface area contributed by atoms with Crippen molar-refractivity contribution in [1.82, 2.24) is 40.0 Å². The quantitative estimate of drug-likeness (QED) is 0.246. The third-order valence-corrected chi connectivity index (χ3v) is 7.08. The Morgan fingerprint density at radius 1 is 0.727 bits per heavy atom. The summed E-state index contributed by atoms with van der Waals surface area (Å²) in [5.74, 6) is 0. The molecule has 4 heterocycles. The minimum atomic E-state index is -4.66. The van der Waals surface area contributed by atoms with Gasteiger partial charge in [-0.3, -0.25) is 9.36 Å². The molecule has 0 N–H and O–H groups in total. The summed E-state index contributed by atoms with van der Waals surface area (Å²) in [7, 11) is 2.71. The molecule has 0 aromatic carbocycles. The predicted octanol–water partition coefficient (Wildman–Crippen LogP) is 4.96. The fourth-order valence-electron chi connectivity index (χ4n) is 2.49. The predicted molar refractivity (Wildman–Crippen MR) is 107 cm³/mol. The van der Waals surface area contributed by atoms with Gasteiger partial charge in [-0.1, -0.05) is 22.7 Å². The van der Waals surface area contributed by atoms with E-state index in [-0.39, 0.29) is 29.8 Å². The van der Waals surface area contributed by atoms with Gasteiger partial charge in [-0.15, -0.1) is 20.4 Å². The molecule has 0 fully saturated rings. The maximum atomic E-state index is 13.1. The Labute approximate surface area is 196 Å². The molecule has 4 aromatic heterocycles. The molecule has 0 saturated carbocycles. The highest BCUT2D eigenvalue weighted by Crippen LogP contribution is 2.41. The van der Waals surface area contributed by atoms with Crippen molar-refractivity contribution >= 4 is 46.8 Å². The molecule has 0 radical (unpaired) electrons. The Morgan fingerprint density at radius 2 is 1.12 bits per heavy atom. The van der Waals surface area contributed by atoms with E-state index in [0.717, 1.165) is 32.0 Å². The third kappa shape index (κ3) is 5.31. The van der Waals surface area contributed by atoms with E-state index in [1.54, 1.807) is 0 Å². The summed E-state index contributed by atoms with van der Waals surface area (Å²) in [5, 5.41) is 21.9. The summed E-state index contributed by atoms with van der Waals surface area (Å²) in [6.45, 7) is 0. The first-order chi connectivity index (χ1) is 15.4. The third-order valence-electron chi connectivity index (χ3n) is 3.68. The molecule has 0 bridgehead atoms. The van der Waals surface area contributed by atoms with Gasteiger partial charge in [-0.05, 0) is 0 Å². The zero-order valence-corrected chi connectivity index (χ0v) is 19.3. The molecule has 0 spiro atoms. The van der Waals surface area contributed by atoms with Gasteiger partial charge >= 0.3 is 12.4 Å². The van der Waals surface area contributed by atoms with E-state index in [1.807, 2.05) is 0 Å². The molecule has 9 nitrogen and oxygen atoms in total. The van der Waals surface area contributed by atoms with Crippen LogP contribution in [0.1, 0.15) is 11.4 Å². The van der Waals surface area contributed by atoms with Crippen molar-refractivity contribution in [2.75, 3.05) is 0 Å². The monoisotopic (exact) mass is 546 g/mol. The highest BCUT2D eigenvalue weighted by molar-refractivity contribution is 8.09. The summed E-state index contributed by atoms with van der Waals surface area (Å²) in [6.07, 6.45) is -6.94. The van der Waals surface area contributed by atoms with E-state index in [1.165, 1.54) is 26.5 Å². The molecule has 0 unspecified atom stereocenters. The van der Waals surface area contributed by atoms with Gasteiger partial charge in [0, 0.05) is 26.5 Å². The van der Waals surface area contributed by atoms with Crippen molar-refractivity contribution in [3.8, 4) is 21.1 Å². The average molecular weight is 547 g/mol. The minimum absolute atomic E-state index is 0.000911. The lowest BCUT2D eigenvalue weighted by molar-refractivity contribution is -0.141. The molecule has 19 heteroatoms. The Kier molecular flexibility index (Phi) is 6.42. The molecular formula is C14H8F6N8OS4. The van der Waals surface area contributed by atoms with E-state index < -0.39 is 23.7 Å². The second-order valence-corrected chi connectivity index (χ2v) is 10.2. The van der Waals surface area contributed by atoms with Crippen LogP contribution in [-0.4, -0.2) is 40.0 Å². The van der Waals surface area contributed by atoms with E-state index in [2.05, 4.69) is 30.6 Å². The Bertz CT molecular complexity index is 1180. The Morgan fingerprint density at radius 3 is 1.48 bits per heavy atom. The lowest BCUT2D eigenvalue weighted by Gasteiger charge is -2.03. The minimum Gasteiger partial charge on any atom is -0.274 e. The van der Waals surface area contributed by atoms with Gasteiger partial charge in [-0.25, -0.2) is 3.63 Å². The summed E-state index contributed by atoms with van der Waals surface area (Å²) in [5.41, 5.74) is -2.59. The maximum absolute atomic E-state index is 13.1. The highest BCUT2D eigenvalue weighted by Gasteiger charge is 2.39. The first-order valence-corrected chi connectivity index (χ1v) is 11.4. The second-order valence-electron chi connectivity index (χ2n) is 6.11. The van der Waals surface area contributed by atoms with Crippen LogP contribution in [0, 0.1) is 0 Å². The normalized spacial score (nSPS) is 12.6. The fraction of sp³-hybridized carbons (Fsp3) is 0.286. The van der Waals surface area contributed by atoms with Gasteiger partial charge in [0.2, 0.25) is 8.68 Å². The summed E-state index contributed by atoms with van der Waals surface area (Å²) >= 11 is 3.13. The smallest absolute Gasteiger partial charge is 0.274 e. The Hall–Kier alpha value is -2.22. The molecular weight excluding hydrogens is 538 g/mol. The number of aryl methyl sites for hydroxylation is 2. The average Bonchev–Trinajstić information content (AvgIpc) is 3.46. The van der Waals surface area contributed by atoms with Crippen LogP contribution in [0.15, 0.2) is 21.1 Å². The van der Waals surface area contributed by atoms with E-state index in [4.69, 9.17) is 3.63 Å². The van der Waals surface area contributed by atoms with E-state index in [0.29, 0.717) is 24.1 Å². The lowest BCUT2D eigenvalue weighted by atomic mass is 10.2. The van der Waals surface area contributed by atoms with Crippen molar-refractivity contribution in [2.45, 2.75) is 21.0 Å². The molecule has 0 saturated heterocycles. The number of hydrogen-bond donors (Lipinski definition) is 0. The van der Waals surface area contributed by atoms with Crippen molar-refractivity contribution in [3.63, 3.8) is 0 Å². The zero-order chi connectivity index (χ0) is 24.0. The molecule has 0 aliphatic carbocycles. The molecule has 4 rings (SSSR count). The van der Waals surface area contributed by atoms with Crippen LogP contribution in [0.25, 0.3) is 21.1 Å². The largest absolute Gasteiger partial charge is 0.435 e. The topological polar surface area (TPSA) is 96.4 Å². The van der Waals surface area contributed by atoms with Gasteiger partial charge < -0.3 is 0 Å². The van der Waals surface area contributed by atoms with Gasteiger partial charge in [0.1, 0.15) is 0 Å². The van der Waals surface area contributed by atoms with Gasteiger partial charge in [0.15, 0.2) is 21.4 Å². The number of alkyl halides is 6. The first-order valence-electron chi connectivity index (χ1n) is 8.32. The first kappa shape index (κ1) is 23.9. The van der Waals surface area contributed by atoms with Crippen LogP contribution in [-0.2, 0) is 30.1 Å². The Balaban J connectivity index is 1.42. The number of halogens is 6. The molecule has 0 aliphatic rings. The summed E-state index contributed by atoms with van der Waals surface area (Å²) in [6, 6.07) is 0. The van der Waals surface area contributed by atoms with Crippen molar-refractivity contribution in [3.05, 3.63) is 23.8 Å². The van der Waals surface area contributed by atoms with E-state index in [9.17, 15) is 26.3 Å². The lowest BCUT2D eigenvalue weighted by Crippen LogP contribution is -2.08. The molecule has 0 atom stereocenters. The van der Waals surface area contributed by atoms with Crippen molar-refractivity contribution < 1.29 is 30.0 Å². The SMILES string of the molecule is Cn1cc(-c2nnc(SOSc3nnc(-c4cn(C)nc4C(F)(F)F)s3)s2)c(C(F)(F)F)n1. The van der Waals surface area contributed by atoms with Crippen molar-refractivity contribution in [1.29, 1.82) is 0 Å². The molecule has 33 heavy (non-hydrogen) atoms. The standard InChI is InChI=1S/C14H8F6N8OS4/c1-27-3-5(7(25-27)13(15,16)17)9-21-23-11(30-9)32-29-33-12-24-22-10(31-12)6-4-28(2)26-8(6)14(18,19)20/h3-4H,1-2H3. The zero-order valence-electron chi connectivity index (χ0n) is 16.0. The number of hydrogen-bond acceptors (Lipinski definition) is 11. The van der Waals surface area contributed by atoms with Gasteiger partial charge in [0.25, 0.3) is 0 Å². The molecule has 0 aliphatic heterocycles. The summed E-state index contributed by atoms with van der Waals surface area (Å²) < 4.78 is 86.5. The van der Waals surface area contributed by atoms with Crippen LogP contribution >= 0.6 is 46.8 Å². The number of nitrogens with zero attached hydrogens (tertiary/aromatic N) is 8. The van der Waals surface area contributed by atoms with Crippen LogP contribution in [0.3, 0.4) is 0 Å². The van der Waals surface area contributed by atoms with Crippen molar-refractivity contribution in [2.24, 2.45) is 14.1 Å². The van der Waals surface area contributed by atoms with Gasteiger partial charge in [-0.2, -0.15) is 36.5 Å². The number of aromatic nitrogens is 8. The van der Waals surface area contributed by atoms with Crippen LogP contribution in [0.2, 0.25) is 0 Å². The molecule has 0 amide bonds. The summed E-state index contributed by atoms with van der Waals surface area (Å²) in [4.78, 5) is 0. The second kappa shape index (κ2) is 8.85. The van der Waals surface area contributed by atoms with E-state index >= 15 is 0 Å². The van der Waals surface area contributed by atoms with Gasteiger partial charge in [0.05, 0.1) is 35.2 Å². The highest BCUT2D eigenvalue weighted by atomic mass is 32.3. The van der Waals surface area contributed by atoms with Crippen LogP contribution in [0.5, 0.6) is 0 Å². The number of rotatable bonds is 6. The van der Waals surface area contributed by atoms with Crippen LogP contribution < -0.4 is 0 Å². The molecule has 176 valence electrons. The fourth-order valence-corrected chi connectivity index (χ4v) is 5.66. The van der Waals surface area contributed by atoms with Crippen LogP contribution in [0.4, 0.5) is 26.3 Å².